The lowest BCUT2D eigenvalue weighted by molar-refractivity contribution is -0.115. The molecule has 0 saturated carbocycles. The van der Waals surface area contributed by atoms with E-state index in [1.165, 1.54) is 5.56 Å². The van der Waals surface area contributed by atoms with Gasteiger partial charge in [-0.15, -0.1) is 11.3 Å². The molecule has 5 nitrogen and oxygen atoms in total. The Labute approximate surface area is 192 Å². The third-order valence-corrected chi connectivity index (χ3v) is 6.90. The SMILES string of the molecule is Cc1ccc(NC(=O)Cc2csc(-c3ccc(CN4CCN(C)CC4)cc3)n2)cc1Cl. The van der Waals surface area contributed by atoms with Crippen molar-refractivity contribution in [1.82, 2.24) is 14.8 Å². The largest absolute Gasteiger partial charge is 0.326 e. The van der Waals surface area contributed by atoms with E-state index in [4.69, 9.17) is 11.6 Å². The smallest absolute Gasteiger partial charge is 0.230 e. The topological polar surface area (TPSA) is 48.5 Å². The summed E-state index contributed by atoms with van der Waals surface area (Å²) in [7, 11) is 2.18. The van der Waals surface area contributed by atoms with Crippen molar-refractivity contribution in [3.05, 3.63) is 69.7 Å². The van der Waals surface area contributed by atoms with Gasteiger partial charge in [0.25, 0.3) is 0 Å². The third kappa shape index (κ3) is 5.92. The highest BCUT2D eigenvalue weighted by Gasteiger charge is 2.14. The van der Waals surface area contributed by atoms with Crippen molar-refractivity contribution in [2.75, 3.05) is 38.5 Å². The minimum atomic E-state index is -0.0979. The Morgan fingerprint density at radius 1 is 1.13 bits per heavy atom. The minimum Gasteiger partial charge on any atom is -0.326 e. The van der Waals surface area contributed by atoms with Crippen molar-refractivity contribution in [2.24, 2.45) is 0 Å². The summed E-state index contributed by atoms with van der Waals surface area (Å²) in [5, 5.41) is 6.42. The molecule has 0 radical (unpaired) electrons. The molecule has 7 heteroatoms. The number of aryl methyl sites for hydroxylation is 1. The van der Waals surface area contributed by atoms with Crippen LogP contribution in [-0.2, 0) is 17.8 Å². The van der Waals surface area contributed by atoms with Gasteiger partial charge in [0.15, 0.2) is 0 Å². The van der Waals surface area contributed by atoms with Gasteiger partial charge in [0.1, 0.15) is 5.01 Å². The summed E-state index contributed by atoms with van der Waals surface area (Å²) < 4.78 is 0. The Kier molecular flexibility index (Phi) is 7.02. The summed E-state index contributed by atoms with van der Waals surface area (Å²) in [5.41, 5.74) is 4.87. The van der Waals surface area contributed by atoms with Gasteiger partial charge in [0.2, 0.25) is 5.91 Å². The first kappa shape index (κ1) is 22.0. The molecule has 31 heavy (non-hydrogen) atoms. The van der Waals surface area contributed by atoms with Gasteiger partial charge in [0, 0.05) is 54.4 Å². The van der Waals surface area contributed by atoms with E-state index in [-0.39, 0.29) is 12.3 Å². The molecule has 1 N–H and O–H groups in total. The molecular formula is C24H27ClN4OS. The molecule has 0 atom stereocenters. The maximum absolute atomic E-state index is 12.4. The first-order valence-electron chi connectivity index (χ1n) is 10.5. The highest BCUT2D eigenvalue weighted by atomic mass is 35.5. The van der Waals surface area contributed by atoms with Crippen LogP contribution in [0.25, 0.3) is 10.6 Å². The number of hydrogen-bond donors (Lipinski definition) is 1. The molecular weight excluding hydrogens is 428 g/mol. The van der Waals surface area contributed by atoms with Gasteiger partial charge in [0.05, 0.1) is 12.1 Å². The highest BCUT2D eigenvalue weighted by molar-refractivity contribution is 7.13. The van der Waals surface area contributed by atoms with Gasteiger partial charge in [-0.2, -0.15) is 0 Å². The van der Waals surface area contributed by atoms with Crippen LogP contribution >= 0.6 is 22.9 Å². The minimum absolute atomic E-state index is 0.0979. The third-order valence-electron chi connectivity index (χ3n) is 5.55. The number of hydrogen-bond acceptors (Lipinski definition) is 5. The van der Waals surface area contributed by atoms with E-state index in [0.717, 1.165) is 54.6 Å². The zero-order valence-electron chi connectivity index (χ0n) is 17.9. The second-order valence-electron chi connectivity index (χ2n) is 8.11. The first-order valence-corrected chi connectivity index (χ1v) is 11.7. The molecule has 1 fully saturated rings. The predicted octanol–water partition coefficient (Wildman–Crippen LogP) is 4.70. The summed E-state index contributed by atoms with van der Waals surface area (Å²) in [6.45, 7) is 7.41. The average molecular weight is 455 g/mol. The van der Waals surface area contributed by atoms with Crippen molar-refractivity contribution in [3.8, 4) is 10.6 Å². The van der Waals surface area contributed by atoms with Crippen LogP contribution in [0.1, 0.15) is 16.8 Å². The molecule has 0 spiro atoms. The Morgan fingerprint density at radius 2 is 1.87 bits per heavy atom. The fraction of sp³-hybridized carbons (Fsp3) is 0.333. The van der Waals surface area contributed by atoms with E-state index in [2.05, 4.69) is 51.4 Å². The number of thiazole rings is 1. The summed E-state index contributed by atoms with van der Waals surface area (Å²) in [6, 6.07) is 14.1. The van der Waals surface area contributed by atoms with E-state index in [1.807, 2.05) is 24.4 Å². The van der Waals surface area contributed by atoms with Gasteiger partial charge in [-0.1, -0.05) is 41.9 Å². The van der Waals surface area contributed by atoms with Crippen LogP contribution in [0, 0.1) is 6.92 Å². The predicted molar refractivity (Wildman–Crippen MR) is 129 cm³/mol. The number of carbonyl (C=O) groups is 1. The molecule has 1 amide bonds. The first-order chi connectivity index (χ1) is 15.0. The maximum atomic E-state index is 12.4. The van der Waals surface area contributed by atoms with E-state index in [9.17, 15) is 4.79 Å². The van der Waals surface area contributed by atoms with Gasteiger partial charge in [-0.3, -0.25) is 9.69 Å². The monoisotopic (exact) mass is 454 g/mol. The normalized spacial score (nSPS) is 15.2. The quantitative estimate of drug-likeness (QED) is 0.586. The van der Waals surface area contributed by atoms with Crippen LogP contribution in [0.2, 0.25) is 5.02 Å². The van der Waals surface area contributed by atoms with Crippen molar-refractivity contribution in [1.29, 1.82) is 0 Å². The van der Waals surface area contributed by atoms with E-state index in [1.54, 1.807) is 17.4 Å². The second-order valence-corrected chi connectivity index (χ2v) is 9.37. The maximum Gasteiger partial charge on any atom is 0.230 e. The molecule has 1 aliphatic heterocycles. The summed E-state index contributed by atoms with van der Waals surface area (Å²) in [4.78, 5) is 21.9. The number of nitrogens with one attached hydrogen (secondary N) is 1. The lowest BCUT2D eigenvalue weighted by atomic mass is 10.1. The van der Waals surface area contributed by atoms with Crippen LogP contribution in [0.3, 0.4) is 0 Å². The molecule has 2 aromatic carbocycles. The van der Waals surface area contributed by atoms with Crippen LogP contribution in [0.15, 0.2) is 47.8 Å². The van der Waals surface area contributed by atoms with Gasteiger partial charge in [-0.05, 0) is 37.2 Å². The Bertz CT molecular complexity index is 1040. The molecule has 0 bridgehead atoms. The van der Waals surface area contributed by atoms with E-state index < -0.39 is 0 Å². The fourth-order valence-corrected chi connectivity index (χ4v) is 4.58. The van der Waals surface area contributed by atoms with Crippen LogP contribution in [0.5, 0.6) is 0 Å². The number of benzene rings is 2. The fourth-order valence-electron chi connectivity index (χ4n) is 3.58. The molecule has 2 heterocycles. The van der Waals surface area contributed by atoms with Crippen molar-refractivity contribution in [2.45, 2.75) is 19.9 Å². The second kappa shape index (κ2) is 9.92. The number of halogens is 1. The summed E-state index contributed by atoms with van der Waals surface area (Å²) >= 11 is 7.70. The molecule has 162 valence electrons. The van der Waals surface area contributed by atoms with Gasteiger partial charge in [-0.25, -0.2) is 4.98 Å². The summed E-state index contributed by atoms with van der Waals surface area (Å²) in [6.07, 6.45) is 0.240. The molecule has 4 rings (SSSR count). The standard InChI is InChI=1S/C24H27ClN4OS/c1-17-3-8-20(13-22(17)25)26-23(30)14-21-16-31-24(27-21)19-6-4-18(5-7-19)15-29-11-9-28(2)10-12-29/h3-8,13,16H,9-12,14-15H2,1-2H3,(H,26,30). The number of amides is 1. The van der Waals surface area contributed by atoms with Crippen molar-refractivity contribution >= 4 is 34.5 Å². The summed E-state index contributed by atoms with van der Waals surface area (Å²) in [5.74, 6) is -0.0979. The Balaban J connectivity index is 1.33. The van der Waals surface area contributed by atoms with Crippen LogP contribution < -0.4 is 5.32 Å². The van der Waals surface area contributed by atoms with Gasteiger partial charge < -0.3 is 10.2 Å². The average Bonchev–Trinajstić information content (AvgIpc) is 3.21. The Morgan fingerprint density at radius 3 is 2.58 bits per heavy atom. The number of aromatic nitrogens is 1. The lowest BCUT2D eigenvalue weighted by Gasteiger charge is -2.32. The number of rotatable bonds is 6. The van der Waals surface area contributed by atoms with Crippen LogP contribution in [-0.4, -0.2) is 53.9 Å². The molecule has 0 aliphatic carbocycles. The number of carbonyl (C=O) groups excluding carboxylic acids is 1. The number of anilines is 1. The van der Waals surface area contributed by atoms with Crippen molar-refractivity contribution < 1.29 is 4.79 Å². The number of likely N-dealkylation sites (N-methyl/N-ethyl adjacent to an activating group) is 1. The zero-order chi connectivity index (χ0) is 21.8. The van der Waals surface area contributed by atoms with Crippen molar-refractivity contribution in [3.63, 3.8) is 0 Å². The van der Waals surface area contributed by atoms with Crippen LogP contribution in [0.4, 0.5) is 5.69 Å². The number of piperazine rings is 1. The molecule has 1 saturated heterocycles. The molecule has 1 aliphatic rings. The Hall–Kier alpha value is -2.25. The number of nitrogens with zero attached hydrogens (tertiary/aromatic N) is 3. The highest BCUT2D eigenvalue weighted by Crippen LogP contribution is 2.25. The molecule has 1 aromatic heterocycles. The molecule has 3 aromatic rings. The van der Waals surface area contributed by atoms with E-state index in [0.29, 0.717) is 10.7 Å². The molecule has 0 unspecified atom stereocenters. The van der Waals surface area contributed by atoms with E-state index >= 15 is 0 Å². The van der Waals surface area contributed by atoms with Gasteiger partial charge >= 0.3 is 0 Å². The lowest BCUT2D eigenvalue weighted by Crippen LogP contribution is -2.43. The zero-order valence-corrected chi connectivity index (χ0v) is 19.5.